The van der Waals surface area contributed by atoms with Gasteiger partial charge in [0, 0.05) is 12.2 Å². The van der Waals surface area contributed by atoms with Crippen LogP contribution in [0.4, 0.5) is 0 Å². The van der Waals surface area contributed by atoms with Crippen LogP contribution in [0.3, 0.4) is 0 Å². The van der Waals surface area contributed by atoms with Crippen molar-refractivity contribution in [2.75, 3.05) is 19.7 Å². The fourth-order valence-corrected chi connectivity index (χ4v) is 4.06. The Labute approximate surface area is 156 Å². The molecule has 4 rings (SSSR count). The van der Waals surface area contributed by atoms with E-state index in [1.807, 2.05) is 24.3 Å². The van der Waals surface area contributed by atoms with Crippen LogP contribution < -0.4 is 0 Å². The van der Waals surface area contributed by atoms with Crippen LogP contribution in [0.5, 0.6) is 0 Å². The first kappa shape index (κ1) is 19.1. The number of rotatable bonds is 6. The number of piperidine rings is 3. The zero-order valence-electron chi connectivity index (χ0n) is 15.3. The number of aliphatic hydroxyl groups is 3. The van der Waals surface area contributed by atoms with E-state index in [1.54, 1.807) is 0 Å². The predicted octanol–water partition coefficient (Wildman–Crippen LogP) is 2.03. The van der Waals surface area contributed by atoms with Crippen LogP contribution in [0, 0.1) is 17.8 Å². The van der Waals surface area contributed by atoms with Gasteiger partial charge in [0.05, 0.1) is 18.2 Å². The molecule has 1 aromatic rings. The third-order valence-electron chi connectivity index (χ3n) is 5.64. The maximum atomic E-state index is 10.5. The van der Waals surface area contributed by atoms with Gasteiger partial charge < -0.3 is 15.3 Å². The molecule has 3 N–H and O–H groups in total. The van der Waals surface area contributed by atoms with Crippen molar-refractivity contribution in [1.82, 2.24) is 4.90 Å². The molecule has 3 saturated heterocycles. The number of benzene rings is 1. The first-order valence-corrected chi connectivity index (χ1v) is 9.60. The van der Waals surface area contributed by atoms with E-state index < -0.39 is 6.10 Å². The summed E-state index contributed by atoms with van der Waals surface area (Å²) < 4.78 is 0. The van der Waals surface area contributed by atoms with Gasteiger partial charge in [-0.15, -0.1) is 6.58 Å². The molecule has 3 unspecified atom stereocenters. The molecule has 4 heteroatoms. The Bertz CT molecular complexity index is 680. The minimum atomic E-state index is -0.574. The average Bonchev–Trinajstić information content (AvgIpc) is 2.67. The highest BCUT2D eigenvalue weighted by molar-refractivity contribution is 5.45. The van der Waals surface area contributed by atoms with E-state index >= 15 is 0 Å². The van der Waals surface area contributed by atoms with Crippen LogP contribution in [0.2, 0.25) is 0 Å². The Morgan fingerprint density at radius 1 is 1.31 bits per heavy atom. The van der Waals surface area contributed by atoms with E-state index in [1.165, 1.54) is 0 Å². The zero-order valence-corrected chi connectivity index (χ0v) is 15.3. The lowest BCUT2D eigenvalue weighted by atomic mass is 9.81. The molecule has 1 aromatic carbocycles. The average molecular weight is 355 g/mol. The van der Waals surface area contributed by atoms with Gasteiger partial charge >= 0.3 is 0 Å². The summed E-state index contributed by atoms with van der Waals surface area (Å²) in [5.74, 6) is 6.95. The Morgan fingerprint density at radius 3 is 2.73 bits per heavy atom. The van der Waals surface area contributed by atoms with Crippen molar-refractivity contribution in [2.45, 2.75) is 50.4 Å². The van der Waals surface area contributed by atoms with Crippen molar-refractivity contribution in [3.05, 3.63) is 47.5 Å². The lowest BCUT2D eigenvalue weighted by Crippen LogP contribution is -2.57. The van der Waals surface area contributed by atoms with Crippen molar-refractivity contribution in [3.8, 4) is 11.8 Å². The molecule has 3 fully saturated rings. The van der Waals surface area contributed by atoms with Crippen molar-refractivity contribution < 1.29 is 15.3 Å². The van der Waals surface area contributed by atoms with Gasteiger partial charge in [0.25, 0.3) is 0 Å². The second-order valence-electron chi connectivity index (χ2n) is 7.37. The smallest absolute Gasteiger partial charge is 0.0983 e. The number of aliphatic hydroxyl groups excluding tert-OH is 3. The molecule has 3 atom stereocenters. The monoisotopic (exact) mass is 355 g/mol. The molecular formula is C22H29NO3. The van der Waals surface area contributed by atoms with E-state index in [9.17, 15) is 10.2 Å². The molecule has 3 aliphatic heterocycles. The summed E-state index contributed by atoms with van der Waals surface area (Å²) in [6, 6.07) is 5.76. The molecule has 0 aliphatic carbocycles. The van der Waals surface area contributed by atoms with Gasteiger partial charge in [0.1, 0.15) is 0 Å². The SMILES string of the molecule is C=CCc1cc(C(O)CCCO)ccc1C#CC1C(O)C2CCN1CC2. The van der Waals surface area contributed by atoms with Crippen molar-refractivity contribution in [2.24, 2.45) is 5.92 Å². The largest absolute Gasteiger partial charge is 0.396 e. The second-order valence-corrected chi connectivity index (χ2v) is 7.37. The molecule has 0 amide bonds. The van der Waals surface area contributed by atoms with Gasteiger partial charge in [0.15, 0.2) is 0 Å². The minimum Gasteiger partial charge on any atom is -0.396 e. The maximum absolute atomic E-state index is 10.5. The first-order valence-electron chi connectivity index (χ1n) is 9.60. The minimum absolute atomic E-state index is 0.0751. The van der Waals surface area contributed by atoms with E-state index in [0.29, 0.717) is 25.2 Å². The highest BCUT2D eigenvalue weighted by Crippen LogP contribution is 2.32. The highest BCUT2D eigenvalue weighted by atomic mass is 16.3. The Hall–Kier alpha value is -1.64. The van der Waals surface area contributed by atoms with Crippen LogP contribution in [0.15, 0.2) is 30.9 Å². The van der Waals surface area contributed by atoms with Crippen molar-refractivity contribution in [1.29, 1.82) is 0 Å². The van der Waals surface area contributed by atoms with Gasteiger partial charge in [-0.2, -0.15) is 0 Å². The summed E-state index contributed by atoms with van der Waals surface area (Å²) in [6.07, 6.45) is 4.86. The molecule has 0 aromatic heterocycles. The predicted molar refractivity (Wildman–Crippen MR) is 103 cm³/mol. The zero-order chi connectivity index (χ0) is 18.5. The molecular weight excluding hydrogens is 326 g/mol. The number of nitrogens with zero attached hydrogens (tertiary/aromatic N) is 1. The van der Waals surface area contributed by atoms with Crippen LogP contribution >= 0.6 is 0 Å². The van der Waals surface area contributed by atoms with E-state index in [0.717, 1.165) is 42.6 Å². The molecule has 4 nitrogen and oxygen atoms in total. The maximum Gasteiger partial charge on any atom is 0.0983 e. The molecule has 0 saturated carbocycles. The highest BCUT2D eigenvalue weighted by Gasteiger charge is 2.40. The standard InChI is InChI=1S/C22H29NO3/c1-2-4-18-15-19(21(25)5-3-14-24)7-6-16(18)8-9-20-22(26)17-10-12-23(20)13-11-17/h2,6-7,15,17,20-22,24-26H,1,3-5,10-14H2. The van der Waals surface area contributed by atoms with Gasteiger partial charge in [-0.25, -0.2) is 0 Å². The third kappa shape index (κ3) is 4.19. The fraction of sp³-hybridized carbons (Fsp3) is 0.545. The quantitative estimate of drug-likeness (QED) is 0.540. The normalized spacial score (nSPS) is 28.3. The van der Waals surface area contributed by atoms with Gasteiger partial charge in [-0.1, -0.05) is 30.0 Å². The second kappa shape index (κ2) is 8.83. The summed E-state index contributed by atoms with van der Waals surface area (Å²) in [7, 11) is 0. The van der Waals surface area contributed by atoms with Crippen LogP contribution in [0.1, 0.15) is 48.5 Å². The number of hydrogen-bond acceptors (Lipinski definition) is 4. The molecule has 0 spiro atoms. The third-order valence-corrected chi connectivity index (χ3v) is 5.64. The molecule has 140 valence electrons. The van der Waals surface area contributed by atoms with Gasteiger partial charge in [-0.3, -0.25) is 4.90 Å². The van der Waals surface area contributed by atoms with Gasteiger partial charge in [0.2, 0.25) is 0 Å². The van der Waals surface area contributed by atoms with Crippen molar-refractivity contribution in [3.63, 3.8) is 0 Å². The van der Waals surface area contributed by atoms with Gasteiger partial charge in [-0.05, 0) is 68.3 Å². The Kier molecular flexibility index (Phi) is 6.50. The topological polar surface area (TPSA) is 63.9 Å². The molecule has 3 aliphatic rings. The van der Waals surface area contributed by atoms with E-state index in [2.05, 4.69) is 23.3 Å². The molecule has 0 radical (unpaired) electrons. The summed E-state index contributed by atoms with van der Waals surface area (Å²) >= 11 is 0. The van der Waals surface area contributed by atoms with Crippen LogP contribution in [-0.2, 0) is 6.42 Å². The van der Waals surface area contributed by atoms with E-state index in [4.69, 9.17) is 5.11 Å². The van der Waals surface area contributed by atoms with Crippen LogP contribution in [-0.4, -0.2) is 52.1 Å². The first-order chi connectivity index (χ1) is 12.6. The van der Waals surface area contributed by atoms with E-state index in [-0.39, 0.29) is 18.8 Å². The number of hydrogen-bond donors (Lipinski definition) is 3. The summed E-state index contributed by atoms with van der Waals surface area (Å²) in [5.41, 5.74) is 2.82. The lowest BCUT2D eigenvalue weighted by molar-refractivity contribution is -0.0500. The van der Waals surface area contributed by atoms with Crippen molar-refractivity contribution >= 4 is 0 Å². The lowest BCUT2D eigenvalue weighted by Gasteiger charge is -2.46. The Balaban J connectivity index is 1.80. The Morgan fingerprint density at radius 2 is 2.08 bits per heavy atom. The van der Waals surface area contributed by atoms with Crippen LogP contribution in [0.25, 0.3) is 0 Å². The number of fused-ring (bicyclic) bond motifs is 3. The summed E-state index contributed by atoms with van der Waals surface area (Å²) in [6.45, 7) is 5.96. The number of allylic oxidation sites excluding steroid dienone is 1. The fourth-order valence-electron chi connectivity index (χ4n) is 4.06. The molecule has 2 bridgehead atoms. The summed E-state index contributed by atoms with van der Waals surface area (Å²) in [4.78, 5) is 2.29. The molecule has 3 heterocycles. The molecule has 26 heavy (non-hydrogen) atoms. The summed E-state index contributed by atoms with van der Waals surface area (Å²) in [5, 5.41) is 29.7.